The highest BCUT2D eigenvalue weighted by Crippen LogP contribution is 2.43. The Hall–Kier alpha value is -1.55. The van der Waals surface area contributed by atoms with E-state index in [0.29, 0.717) is 53.5 Å². The number of nitrogen functional groups attached to an aromatic ring is 1. The van der Waals surface area contributed by atoms with Crippen molar-refractivity contribution in [2.24, 2.45) is 5.92 Å². The molecule has 3 atom stereocenters. The first-order valence-electron chi connectivity index (χ1n) is 10.7. The maximum absolute atomic E-state index is 12.9. The average molecular weight is 484 g/mol. The summed E-state index contributed by atoms with van der Waals surface area (Å²) in [6.45, 7) is 4.61. The molecular formula is C21H30BrN3O5. The molecule has 0 bridgehead atoms. The number of rotatable bonds is 5. The van der Waals surface area contributed by atoms with Crippen LogP contribution in [-0.2, 0) is 4.74 Å². The van der Waals surface area contributed by atoms with Crippen molar-refractivity contribution in [1.82, 2.24) is 10.2 Å². The molecule has 0 radical (unpaired) electrons. The molecule has 2 fully saturated rings. The number of amides is 1. The summed E-state index contributed by atoms with van der Waals surface area (Å²) in [6, 6.07) is 1.60. The summed E-state index contributed by atoms with van der Waals surface area (Å²) in [5.74, 6) is 0.626. The van der Waals surface area contributed by atoms with Gasteiger partial charge in [-0.15, -0.1) is 0 Å². The second-order valence-corrected chi connectivity index (χ2v) is 9.05. The van der Waals surface area contributed by atoms with Gasteiger partial charge < -0.3 is 30.4 Å². The molecule has 166 valence electrons. The van der Waals surface area contributed by atoms with E-state index in [9.17, 15) is 9.90 Å². The molecular weight excluding hydrogens is 454 g/mol. The summed E-state index contributed by atoms with van der Waals surface area (Å²) in [5.41, 5.74) is 6.84. The third kappa shape index (κ3) is 4.85. The molecule has 0 saturated carbocycles. The zero-order valence-corrected chi connectivity index (χ0v) is 18.7. The maximum Gasteiger partial charge on any atom is 0.255 e. The third-order valence-electron chi connectivity index (χ3n) is 6.05. The standard InChI is InChI=1S/C21H30BrN3O5/c22-18-16(23)9-15(19-20(18)30-8-2-7-29-19)21(27)24-10-13-4-5-25(12-17(13)26)11-14-3-1-6-28-14/h9,13-14,17,26H,1-8,10-12,23H2,(H,24,27)/t13-,14?,17+/m0/s1. The van der Waals surface area contributed by atoms with E-state index < -0.39 is 6.10 Å². The molecule has 3 heterocycles. The molecule has 1 amide bonds. The number of aliphatic hydroxyl groups excluding tert-OH is 1. The number of likely N-dealkylation sites (tertiary alicyclic amines) is 1. The molecule has 0 aliphatic carbocycles. The number of fused-ring (bicyclic) bond motifs is 1. The number of carbonyl (C=O) groups is 1. The Kier molecular flexibility index (Phi) is 7.02. The van der Waals surface area contributed by atoms with E-state index in [-0.39, 0.29) is 17.9 Å². The lowest BCUT2D eigenvalue weighted by Gasteiger charge is -2.37. The van der Waals surface area contributed by atoms with Crippen LogP contribution in [0.15, 0.2) is 10.5 Å². The van der Waals surface area contributed by atoms with E-state index in [1.54, 1.807) is 6.07 Å². The van der Waals surface area contributed by atoms with Crippen LogP contribution in [0.5, 0.6) is 11.5 Å². The van der Waals surface area contributed by atoms with Gasteiger partial charge in [-0.1, -0.05) is 0 Å². The topological polar surface area (TPSA) is 106 Å². The number of hydrogen-bond donors (Lipinski definition) is 3. The Labute approximate surface area is 185 Å². The van der Waals surface area contributed by atoms with Crippen LogP contribution < -0.4 is 20.5 Å². The summed E-state index contributed by atoms with van der Waals surface area (Å²) in [7, 11) is 0. The molecule has 1 aromatic rings. The number of halogens is 1. The highest BCUT2D eigenvalue weighted by atomic mass is 79.9. The number of anilines is 1. The molecule has 0 spiro atoms. The van der Waals surface area contributed by atoms with Crippen molar-refractivity contribution in [3.8, 4) is 11.5 Å². The number of hydrogen-bond acceptors (Lipinski definition) is 7. The number of nitrogens with two attached hydrogens (primary N) is 1. The maximum atomic E-state index is 12.9. The molecule has 3 aliphatic heterocycles. The Bertz CT molecular complexity index is 771. The smallest absolute Gasteiger partial charge is 0.255 e. The first-order chi connectivity index (χ1) is 14.5. The quantitative estimate of drug-likeness (QED) is 0.548. The Morgan fingerprint density at radius 3 is 2.77 bits per heavy atom. The van der Waals surface area contributed by atoms with Crippen LogP contribution in [0.4, 0.5) is 5.69 Å². The van der Waals surface area contributed by atoms with E-state index in [4.69, 9.17) is 19.9 Å². The Morgan fingerprint density at radius 1 is 1.23 bits per heavy atom. The van der Waals surface area contributed by atoms with Crippen LogP contribution in [0.1, 0.15) is 36.0 Å². The van der Waals surface area contributed by atoms with Crippen molar-refractivity contribution in [2.75, 3.05) is 51.7 Å². The highest BCUT2D eigenvalue weighted by Gasteiger charge is 2.31. The molecule has 0 aromatic heterocycles. The summed E-state index contributed by atoms with van der Waals surface area (Å²) in [6.07, 6.45) is 3.58. The number of nitrogens with zero attached hydrogens (tertiary/aromatic N) is 1. The second kappa shape index (κ2) is 9.72. The minimum atomic E-state index is -0.480. The van der Waals surface area contributed by atoms with Crippen LogP contribution in [0, 0.1) is 5.92 Å². The minimum absolute atomic E-state index is 0.0123. The predicted molar refractivity (Wildman–Crippen MR) is 116 cm³/mol. The molecule has 4 N–H and O–H groups in total. The number of benzene rings is 1. The van der Waals surface area contributed by atoms with Gasteiger partial charge in [0.25, 0.3) is 5.91 Å². The van der Waals surface area contributed by atoms with Crippen molar-refractivity contribution < 1.29 is 24.1 Å². The SMILES string of the molecule is Nc1cc(C(=O)NC[C@@H]2CCN(CC3CCCO3)C[C@H]2O)c2c(c1Br)OCCCO2. The lowest BCUT2D eigenvalue weighted by molar-refractivity contribution is -0.00191. The van der Waals surface area contributed by atoms with Crippen molar-refractivity contribution in [2.45, 2.75) is 37.9 Å². The van der Waals surface area contributed by atoms with Crippen molar-refractivity contribution in [3.05, 3.63) is 16.1 Å². The van der Waals surface area contributed by atoms with E-state index in [2.05, 4.69) is 26.1 Å². The molecule has 3 aliphatic rings. The molecule has 30 heavy (non-hydrogen) atoms. The zero-order valence-electron chi connectivity index (χ0n) is 17.1. The zero-order chi connectivity index (χ0) is 21.1. The normalized spacial score (nSPS) is 26.9. The molecule has 8 nitrogen and oxygen atoms in total. The van der Waals surface area contributed by atoms with Gasteiger partial charge in [0.1, 0.15) is 0 Å². The van der Waals surface area contributed by atoms with Gasteiger partial charge in [-0.25, -0.2) is 0 Å². The van der Waals surface area contributed by atoms with Gasteiger partial charge in [-0.2, -0.15) is 0 Å². The predicted octanol–water partition coefficient (Wildman–Crippen LogP) is 1.78. The van der Waals surface area contributed by atoms with Gasteiger partial charge >= 0.3 is 0 Å². The third-order valence-corrected chi connectivity index (χ3v) is 6.86. The fraction of sp³-hybridized carbons (Fsp3) is 0.667. The average Bonchev–Trinajstić information content (AvgIpc) is 3.11. The summed E-state index contributed by atoms with van der Waals surface area (Å²) in [5, 5.41) is 13.6. The summed E-state index contributed by atoms with van der Waals surface area (Å²) >= 11 is 3.42. The second-order valence-electron chi connectivity index (χ2n) is 8.26. The van der Waals surface area contributed by atoms with Crippen LogP contribution in [0.3, 0.4) is 0 Å². The molecule has 9 heteroatoms. The Morgan fingerprint density at radius 2 is 2.03 bits per heavy atom. The van der Waals surface area contributed by atoms with Gasteiger partial charge in [0.15, 0.2) is 11.5 Å². The number of β-amino-alcohol motifs (C(OH)–C–C–N with tert-alkyl or cyclic N) is 1. The Balaban J connectivity index is 1.35. The molecule has 1 aromatic carbocycles. The first kappa shape index (κ1) is 21.7. The largest absolute Gasteiger partial charge is 0.489 e. The van der Waals surface area contributed by atoms with E-state index in [1.807, 2.05) is 0 Å². The first-order valence-corrected chi connectivity index (χ1v) is 11.5. The fourth-order valence-electron chi connectivity index (χ4n) is 4.33. The van der Waals surface area contributed by atoms with Gasteiger partial charge in [0, 0.05) is 38.6 Å². The van der Waals surface area contributed by atoms with Crippen LogP contribution in [0.2, 0.25) is 0 Å². The number of nitrogens with one attached hydrogen (secondary N) is 1. The van der Waals surface area contributed by atoms with Crippen LogP contribution in [0.25, 0.3) is 0 Å². The van der Waals surface area contributed by atoms with Crippen LogP contribution in [-0.4, -0.2) is 74.1 Å². The number of aliphatic hydroxyl groups is 1. The summed E-state index contributed by atoms with van der Waals surface area (Å²) in [4.78, 5) is 15.2. The number of carbonyl (C=O) groups excluding carboxylic acids is 1. The molecule has 1 unspecified atom stereocenters. The van der Waals surface area contributed by atoms with Gasteiger partial charge in [-0.05, 0) is 47.8 Å². The number of piperidine rings is 1. The van der Waals surface area contributed by atoms with Crippen molar-refractivity contribution >= 4 is 27.5 Å². The molecule has 4 rings (SSSR count). The van der Waals surface area contributed by atoms with Gasteiger partial charge in [0.2, 0.25) is 0 Å². The van der Waals surface area contributed by atoms with Crippen molar-refractivity contribution in [1.29, 1.82) is 0 Å². The monoisotopic (exact) mass is 483 g/mol. The fourth-order valence-corrected chi connectivity index (χ4v) is 4.74. The highest BCUT2D eigenvalue weighted by molar-refractivity contribution is 9.10. The van der Waals surface area contributed by atoms with E-state index >= 15 is 0 Å². The number of ether oxygens (including phenoxy) is 3. The van der Waals surface area contributed by atoms with E-state index in [0.717, 1.165) is 45.4 Å². The van der Waals surface area contributed by atoms with Gasteiger partial charge in [0.05, 0.1) is 41.1 Å². The minimum Gasteiger partial charge on any atom is -0.489 e. The summed E-state index contributed by atoms with van der Waals surface area (Å²) < 4.78 is 17.8. The lowest BCUT2D eigenvalue weighted by Crippen LogP contribution is -2.49. The van der Waals surface area contributed by atoms with Crippen LogP contribution >= 0.6 is 15.9 Å². The van der Waals surface area contributed by atoms with E-state index in [1.165, 1.54) is 0 Å². The lowest BCUT2D eigenvalue weighted by atomic mass is 9.93. The molecule has 2 saturated heterocycles. The van der Waals surface area contributed by atoms with Gasteiger partial charge in [-0.3, -0.25) is 9.69 Å². The van der Waals surface area contributed by atoms with Crippen molar-refractivity contribution in [3.63, 3.8) is 0 Å².